The number of carbonyl (C=O) groups excluding carboxylic acids is 1. The minimum atomic E-state index is -4.71. The van der Waals surface area contributed by atoms with Gasteiger partial charge in [0.15, 0.2) is 18.0 Å². The fourth-order valence-electron chi connectivity index (χ4n) is 3.30. The SMILES string of the molecule is COc1cc2oc(-c3cc[n+](CCCCCC(=O)O)cc3)nc2cc1S(=O)(=O)[O-].C[N+](C)(C)CC(=O)[O-]. The van der Waals surface area contributed by atoms with Crippen LogP contribution >= 0.6 is 0 Å². The Morgan fingerprint density at radius 3 is 2.27 bits per heavy atom. The lowest BCUT2D eigenvalue weighted by Crippen LogP contribution is -2.45. The first-order valence-electron chi connectivity index (χ1n) is 11.4. The molecule has 0 bridgehead atoms. The molecule has 1 N–H and O–H groups in total. The number of rotatable bonds is 11. The van der Waals surface area contributed by atoms with Crippen LogP contribution < -0.4 is 14.4 Å². The van der Waals surface area contributed by atoms with Gasteiger partial charge in [0.1, 0.15) is 34.5 Å². The highest BCUT2D eigenvalue weighted by Crippen LogP contribution is 2.32. The second-order valence-corrected chi connectivity index (χ2v) is 10.6. The van der Waals surface area contributed by atoms with Crippen molar-refractivity contribution in [3.05, 3.63) is 36.7 Å². The number of aromatic nitrogens is 2. The van der Waals surface area contributed by atoms with E-state index in [9.17, 15) is 27.7 Å². The molecule has 2 heterocycles. The van der Waals surface area contributed by atoms with Gasteiger partial charge in [-0.25, -0.2) is 18.0 Å². The molecule has 0 radical (unpaired) electrons. The number of likely N-dealkylation sites (N-methyl/N-ethyl adjacent to an activating group) is 1. The number of pyridine rings is 1. The second-order valence-electron chi connectivity index (χ2n) is 9.29. The van der Waals surface area contributed by atoms with Crippen LogP contribution in [0.25, 0.3) is 22.6 Å². The number of quaternary nitrogens is 1. The Bertz CT molecular complexity index is 1330. The molecular formula is C24H31N3O9S. The summed E-state index contributed by atoms with van der Waals surface area (Å²) in [5.41, 5.74) is 1.23. The molecule has 0 saturated heterocycles. The molecule has 0 aliphatic rings. The van der Waals surface area contributed by atoms with Gasteiger partial charge >= 0.3 is 5.97 Å². The minimum Gasteiger partial charge on any atom is -0.744 e. The van der Waals surface area contributed by atoms with Gasteiger partial charge in [-0.3, -0.25) is 4.79 Å². The number of aryl methyl sites for hydroxylation is 1. The summed E-state index contributed by atoms with van der Waals surface area (Å²) in [4.78, 5) is 24.2. The van der Waals surface area contributed by atoms with Crippen molar-refractivity contribution in [2.75, 3.05) is 34.8 Å². The number of benzene rings is 1. The van der Waals surface area contributed by atoms with Gasteiger partial charge in [0.25, 0.3) is 0 Å². The van der Waals surface area contributed by atoms with E-state index in [-0.39, 0.29) is 30.1 Å². The summed E-state index contributed by atoms with van der Waals surface area (Å²) in [5, 5.41) is 18.5. The Morgan fingerprint density at radius 2 is 1.78 bits per heavy atom. The van der Waals surface area contributed by atoms with Crippen molar-refractivity contribution >= 4 is 33.2 Å². The van der Waals surface area contributed by atoms with E-state index in [1.54, 1.807) is 21.1 Å². The second kappa shape index (κ2) is 12.6. The van der Waals surface area contributed by atoms with Crippen LogP contribution in [-0.2, 0) is 26.3 Å². The highest BCUT2D eigenvalue weighted by atomic mass is 32.2. The molecule has 0 amide bonds. The molecule has 3 rings (SSSR count). The summed E-state index contributed by atoms with van der Waals surface area (Å²) >= 11 is 0. The van der Waals surface area contributed by atoms with E-state index in [4.69, 9.17) is 14.3 Å². The number of carboxylic acid groups (broad SMARTS) is 2. The molecule has 12 nitrogen and oxygen atoms in total. The van der Waals surface area contributed by atoms with Crippen molar-refractivity contribution in [3.8, 4) is 17.2 Å². The number of carbonyl (C=O) groups is 2. The molecule has 2 aromatic heterocycles. The van der Waals surface area contributed by atoms with Gasteiger partial charge in [0.2, 0.25) is 5.89 Å². The Kier molecular flexibility index (Phi) is 10.1. The lowest BCUT2D eigenvalue weighted by Gasteiger charge is -2.23. The number of ether oxygens (including phenoxy) is 1. The normalized spacial score (nSPS) is 11.6. The summed E-state index contributed by atoms with van der Waals surface area (Å²) in [5.74, 6) is -1.59. The van der Waals surface area contributed by atoms with Crippen LogP contribution in [0.1, 0.15) is 25.7 Å². The number of oxazole rings is 1. The number of aliphatic carboxylic acids is 2. The van der Waals surface area contributed by atoms with Crippen LogP contribution in [0, 0.1) is 0 Å². The molecule has 13 heteroatoms. The Balaban J connectivity index is 0.000000521. The molecule has 0 spiro atoms. The zero-order valence-electron chi connectivity index (χ0n) is 21.2. The number of carboxylic acids is 2. The fourth-order valence-corrected chi connectivity index (χ4v) is 3.94. The zero-order valence-corrected chi connectivity index (χ0v) is 22.0. The highest BCUT2D eigenvalue weighted by Gasteiger charge is 2.17. The standard InChI is InChI=1S/C19H20N2O7S.C5H11NO2/c1-27-16-12-15-14(11-17(16)29(24,25)26)20-19(28-15)13-6-9-21(10-7-13)8-4-2-3-5-18(22)23;1-6(2,3)4-5(7)8/h6-7,9-12H,2-5,8H2,1H3,(H-,22,23,24,25,26);4H2,1-3H3. The summed E-state index contributed by atoms with van der Waals surface area (Å²) in [6.45, 7) is 0.829. The summed E-state index contributed by atoms with van der Waals surface area (Å²) in [7, 11) is 1.96. The van der Waals surface area contributed by atoms with Crippen molar-refractivity contribution in [1.29, 1.82) is 0 Å². The molecule has 37 heavy (non-hydrogen) atoms. The van der Waals surface area contributed by atoms with Gasteiger partial charge in [-0.15, -0.1) is 0 Å². The topological polar surface area (TPSA) is 174 Å². The van der Waals surface area contributed by atoms with Crippen molar-refractivity contribution in [3.63, 3.8) is 0 Å². The van der Waals surface area contributed by atoms with Gasteiger partial charge in [-0.1, -0.05) is 0 Å². The third-order valence-corrected chi connectivity index (χ3v) is 5.85. The fraction of sp³-hybridized carbons (Fsp3) is 0.417. The van der Waals surface area contributed by atoms with Crippen LogP contribution in [-0.4, -0.2) is 74.3 Å². The molecule has 0 atom stereocenters. The van der Waals surface area contributed by atoms with Gasteiger partial charge in [-0.05, 0) is 18.9 Å². The van der Waals surface area contributed by atoms with Crippen LogP contribution in [0.2, 0.25) is 0 Å². The maximum Gasteiger partial charge on any atom is 0.303 e. The molecule has 0 aliphatic heterocycles. The van der Waals surface area contributed by atoms with E-state index in [1.807, 2.05) is 29.1 Å². The maximum absolute atomic E-state index is 11.4. The summed E-state index contributed by atoms with van der Waals surface area (Å²) in [6.07, 6.45) is 6.25. The number of methoxy groups -OCH3 is 1. The minimum absolute atomic E-state index is 0.0694. The number of hydrogen-bond acceptors (Lipinski definition) is 9. The average molecular weight is 538 g/mol. The van der Waals surface area contributed by atoms with E-state index >= 15 is 0 Å². The number of nitrogens with zero attached hydrogens (tertiary/aromatic N) is 3. The molecule has 0 saturated carbocycles. The van der Waals surface area contributed by atoms with Gasteiger partial charge in [-0.2, -0.15) is 0 Å². The molecule has 0 unspecified atom stereocenters. The van der Waals surface area contributed by atoms with Gasteiger partial charge in [0, 0.05) is 36.6 Å². The van der Waals surface area contributed by atoms with E-state index in [2.05, 4.69) is 4.98 Å². The van der Waals surface area contributed by atoms with Crippen molar-refractivity contribution in [2.45, 2.75) is 37.1 Å². The van der Waals surface area contributed by atoms with Gasteiger partial charge in [0.05, 0.1) is 39.1 Å². The van der Waals surface area contributed by atoms with Crippen molar-refractivity contribution in [2.24, 2.45) is 0 Å². The quantitative estimate of drug-likeness (QED) is 0.159. The molecule has 3 aromatic rings. The predicted molar refractivity (Wildman–Crippen MR) is 128 cm³/mol. The number of fused-ring (bicyclic) bond motifs is 1. The lowest BCUT2D eigenvalue weighted by atomic mass is 10.2. The largest absolute Gasteiger partial charge is 0.744 e. The smallest absolute Gasteiger partial charge is 0.303 e. The van der Waals surface area contributed by atoms with E-state index in [0.29, 0.717) is 22.1 Å². The van der Waals surface area contributed by atoms with Crippen LogP contribution in [0.3, 0.4) is 0 Å². The number of hydrogen-bond donors (Lipinski definition) is 1. The first-order valence-corrected chi connectivity index (χ1v) is 12.8. The monoisotopic (exact) mass is 537 g/mol. The van der Waals surface area contributed by atoms with Crippen molar-refractivity contribution < 1.29 is 51.0 Å². The Morgan fingerprint density at radius 1 is 1.14 bits per heavy atom. The van der Waals surface area contributed by atoms with Gasteiger partial charge < -0.3 is 33.2 Å². The van der Waals surface area contributed by atoms with E-state index in [0.717, 1.165) is 25.5 Å². The Labute approximate surface area is 215 Å². The third kappa shape index (κ3) is 9.79. The van der Waals surface area contributed by atoms with Crippen LogP contribution in [0.15, 0.2) is 46.0 Å². The van der Waals surface area contributed by atoms with Crippen molar-refractivity contribution in [1.82, 2.24) is 4.98 Å². The maximum atomic E-state index is 11.4. The van der Waals surface area contributed by atoms with E-state index < -0.39 is 27.0 Å². The zero-order chi connectivity index (χ0) is 27.8. The molecule has 202 valence electrons. The number of unbranched alkanes of at least 4 members (excludes halogenated alkanes) is 2. The Hall–Kier alpha value is -3.55. The summed E-state index contributed by atoms with van der Waals surface area (Å²) < 4.78 is 47.3. The molecule has 1 aromatic carbocycles. The first-order chi connectivity index (χ1) is 17.2. The molecular weight excluding hydrogens is 506 g/mol. The lowest BCUT2D eigenvalue weighted by molar-refractivity contribution is -0.864. The van der Waals surface area contributed by atoms with Crippen LogP contribution in [0.5, 0.6) is 5.75 Å². The third-order valence-electron chi connectivity index (χ3n) is 4.99. The van der Waals surface area contributed by atoms with Crippen LogP contribution in [0.4, 0.5) is 0 Å². The summed E-state index contributed by atoms with van der Waals surface area (Å²) in [6, 6.07) is 6.09. The van der Waals surface area contributed by atoms with E-state index in [1.165, 1.54) is 13.2 Å². The molecule has 0 aliphatic carbocycles. The average Bonchev–Trinajstić information content (AvgIpc) is 3.19. The molecule has 0 fully saturated rings. The highest BCUT2D eigenvalue weighted by molar-refractivity contribution is 7.85. The first kappa shape index (κ1) is 29.7. The predicted octanol–water partition coefficient (Wildman–Crippen LogP) is 0.783.